The Morgan fingerprint density at radius 1 is 1.08 bits per heavy atom. The topological polar surface area (TPSA) is 186 Å². The van der Waals surface area contributed by atoms with Crippen LogP contribution < -0.4 is 15.8 Å². The number of carboxylic acids is 1. The number of rotatable bonds is 12. The first-order valence-electron chi connectivity index (χ1n) is 10.6. The van der Waals surface area contributed by atoms with Gasteiger partial charge in [0.05, 0.1) is 17.6 Å². The van der Waals surface area contributed by atoms with Crippen LogP contribution >= 0.6 is 11.8 Å². The summed E-state index contributed by atoms with van der Waals surface area (Å²) in [6.07, 6.45) is 1.45. The predicted octanol–water partition coefficient (Wildman–Crippen LogP) is 0.358. The second-order valence-electron chi connectivity index (χ2n) is 7.62. The van der Waals surface area contributed by atoms with Crippen molar-refractivity contribution in [2.75, 3.05) is 5.75 Å². The first-order chi connectivity index (χ1) is 17.1. The van der Waals surface area contributed by atoms with Crippen molar-refractivity contribution in [3.8, 4) is 0 Å². The molecule has 0 radical (unpaired) electrons. The van der Waals surface area contributed by atoms with E-state index in [1.807, 2.05) is 30.3 Å². The van der Waals surface area contributed by atoms with Crippen molar-refractivity contribution >= 4 is 39.6 Å². The third-order valence-electron chi connectivity index (χ3n) is 4.80. The molecule has 0 aliphatic rings. The van der Waals surface area contributed by atoms with Crippen LogP contribution in [0.5, 0.6) is 0 Å². The summed E-state index contributed by atoms with van der Waals surface area (Å²) in [6, 6.07) is 13.6. The highest BCUT2D eigenvalue weighted by Gasteiger charge is 2.20. The molecule has 0 spiro atoms. The van der Waals surface area contributed by atoms with Crippen LogP contribution in [0.1, 0.15) is 21.6 Å². The molecule has 0 aliphatic carbocycles. The number of aliphatic carboxylic acids is 1. The number of carboxylic acid groups (broad SMARTS) is 1. The van der Waals surface area contributed by atoms with Gasteiger partial charge < -0.3 is 15.7 Å². The van der Waals surface area contributed by atoms with Gasteiger partial charge in [0.15, 0.2) is 0 Å². The number of aromatic nitrogens is 3. The van der Waals surface area contributed by atoms with Gasteiger partial charge in [-0.2, -0.15) is 11.8 Å². The number of hydrogen-bond acceptors (Lipinski definition) is 8. The number of nitrogens with zero attached hydrogens (tertiary/aromatic N) is 3. The van der Waals surface area contributed by atoms with E-state index in [2.05, 4.69) is 20.9 Å². The minimum absolute atomic E-state index is 0.00523. The van der Waals surface area contributed by atoms with E-state index in [-0.39, 0.29) is 29.3 Å². The summed E-state index contributed by atoms with van der Waals surface area (Å²) in [5, 5.41) is 27.2. The van der Waals surface area contributed by atoms with Crippen molar-refractivity contribution in [3.05, 3.63) is 77.6 Å². The van der Waals surface area contributed by atoms with Gasteiger partial charge in [0.25, 0.3) is 5.91 Å². The average Bonchev–Trinajstić information content (AvgIpc) is 3.29. The van der Waals surface area contributed by atoms with Crippen LogP contribution in [0, 0.1) is 0 Å². The summed E-state index contributed by atoms with van der Waals surface area (Å²) in [7, 11) is -3.86. The van der Waals surface area contributed by atoms with Crippen molar-refractivity contribution in [3.63, 3.8) is 0 Å². The third kappa shape index (κ3) is 8.18. The average molecular weight is 533 g/mol. The molecule has 2 amide bonds. The maximum Gasteiger partial charge on any atom is 0.327 e. The molecule has 3 rings (SSSR count). The molecule has 0 fully saturated rings. The van der Waals surface area contributed by atoms with Crippen LogP contribution in [0.2, 0.25) is 0 Å². The number of benzene rings is 2. The molecule has 0 aliphatic heterocycles. The number of amides is 2. The number of nitrogens with one attached hydrogen (secondary N) is 2. The number of sulfonamides is 1. The third-order valence-corrected chi connectivity index (χ3v) is 6.83. The Kier molecular flexibility index (Phi) is 9.16. The van der Waals surface area contributed by atoms with E-state index in [1.165, 1.54) is 46.9 Å². The molecule has 1 unspecified atom stereocenters. The molecule has 0 saturated carbocycles. The van der Waals surface area contributed by atoms with E-state index in [0.717, 1.165) is 5.56 Å². The van der Waals surface area contributed by atoms with Gasteiger partial charge in [-0.1, -0.05) is 35.5 Å². The molecule has 0 bridgehead atoms. The summed E-state index contributed by atoms with van der Waals surface area (Å²) in [5.74, 6) is -1.33. The molecule has 36 heavy (non-hydrogen) atoms. The molecular weight excluding hydrogens is 508 g/mol. The number of thioether (sulfide) groups is 1. The number of primary sulfonamides is 1. The van der Waals surface area contributed by atoms with Gasteiger partial charge in [-0.05, 0) is 29.8 Å². The normalized spacial score (nSPS) is 12.0. The molecular formula is C22H24N6O6S2. The zero-order valence-electron chi connectivity index (χ0n) is 18.9. The van der Waals surface area contributed by atoms with Gasteiger partial charge in [-0.3, -0.25) is 9.59 Å². The van der Waals surface area contributed by atoms with E-state index in [1.54, 1.807) is 0 Å². The number of carbonyl (C=O) groups excluding carboxylic acids is 2. The lowest BCUT2D eigenvalue weighted by atomic mass is 10.2. The summed E-state index contributed by atoms with van der Waals surface area (Å²) in [5.41, 5.74) is 1.64. The van der Waals surface area contributed by atoms with Crippen molar-refractivity contribution in [2.24, 2.45) is 5.14 Å². The Balaban J connectivity index is 1.46. The van der Waals surface area contributed by atoms with Gasteiger partial charge in [0, 0.05) is 17.1 Å². The highest BCUT2D eigenvalue weighted by atomic mass is 32.2. The van der Waals surface area contributed by atoms with Gasteiger partial charge in [0.2, 0.25) is 15.9 Å². The smallest absolute Gasteiger partial charge is 0.327 e. The highest BCUT2D eigenvalue weighted by Crippen LogP contribution is 2.13. The quantitative estimate of drug-likeness (QED) is 0.255. The Bertz CT molecular complexity index is 1310. The fourth-order valence-electron chi connectivity index (χ4n) is 3.00. The van der Waals surface area contributed by atoms with Crippen molar-refractivity contribution in [2.45, 2.75) is 29.8 Å². The van der Waals surface area contributed by atoms with Crippen LogP contribution in [-0.2, 0) is 38.5 Å². The minimum Gasteiger partial charge on any atom is -0.480 e. The van der Waals surface area contributed by atoms with Crippen molar-refractivity contribution in [1.82, 2.24) is 25.6 Å². The van der Waals surface area contributed by atoms with Crippen molar-refractivity contribution < 1.29 is 27.9 Å². The lowest BCUT2D eigenvalue weighted by molar-refractivity contribution is -0.141. The lowest BCUT2D eigenvalue weighted by Crippen LogP contribution is -2.44. The minimum atomic E-state index is -3.86. The first kappa shape index (κ1) is 26.8. The van der Waals surface area contributed by atoms with Gasteiger partial charge >= 0.3 is 5.97 Å². The largest absolute Gasteiger partial charge is 0.480 e. The summed E-state index contributed by atoms with van der Waals surface area (Å²) < 4.78 is 23.8. The monoisotopic (exact) mass is 532 g/mol. The van der Waals surface area contributed by atoms with E-state index < -0.39 is 33.8 Å². The molecule has 1 atom stereocenters. The van der Waals surface area contributed by atoms with Crippen LogP contribution in [0.15, 0.2) is 65.7 Å². The maximum absolute atomic E-state index is 12.3. The molecule has 14 heteroatoms. The Morgan fingerprint density at radius 2 is 1.78 bits per heavy atom. The molecule has 3 aromatic rings. The molecule has 1 heterocycles. The molecule has 190 valence electrons. The van der Waals surface area contributed by atoms with E-state index in [9.17, 15) is 27.9 Å². The SMILES string of the molecule is NS(=O)(=O)c1ccc(C(=O)NCc2cn(CC(=O)NC(CSCc3ccccc3)C(=O)O)nn2)cc1. The second kappa shape index (κ2) is 12.3. The lowest BCUT2D eigenvalue weighted by Gasteiger charge is -2.14. The van der Waals surface area contributed by atoms with Crippen molar-refractivity contribution in [1.29, 1.82) is 0 Å². The molecule has 2 aromatic carbocycles. The number of nitrogens with two attached hydrogens (primary N) is 1. The maximum atomic E-state index is 12.3. The first-order valence-corrected chi connectivity index (χ1v) is 13.3. The zero-order valence-corrected chi connectivity index (χ0v) is 20.5. The van der Waals surface area contributed by atoms with Crippen LogP contribution in [0.3, 0.4) is 0 Å². The molecule has 1 aromatic heterocycles. The van der Waals surface area contributed by atoms with Gasteiger partial charge in [0.1, 0.15) is 18.3 Å². The van der Waals surface area contributed by atoms with E-state index in [0.29, 0.717) is 11.4 Å². The fraction of sp³-hybridized carbons (Fsp3) is 0.227. The number of hydrogen-bond donors (Lipinski definition) is 4. The Labute approximate surface area is 211 Å². The molecule has 0 saturated heterocycles. The zero-order chi connectivity index (χ0) is 26.1. The van der Waals surface area contributed by atoms with Gasteiger partial charge in [-0.25, -0.2) is 23.0 Å². The summed E-state index contributed by atoms with van der Waals surface area (Å²) in [6.45, 7) is -0.242. The van der Waals surface area contributed by atoms with Crippen LogP contribution in [0.4, 0.5) is 0 Å². The second-order valence-corrected chi connectivity index (χ2v) is 10.2. The fourth-order valence-corrected chi connectivity index (χ4v) is 4.52. The Morgan fingerprint density at radius 3 is 2.42 bits per heavy atom. The standard InChI is InChI=1S/C22H24N6O6S2/c23-36(33,34)18-8-6-16(7-9-18)21(30)24-10-17-11-28(27-26-17)12-20(29)25-19(22(31)32)14-35-13-15-4-2-1-3-5-15/h1-9,11,19H,10,12-14H2,(H,24,30)(H,25,29)(H,31,32)(H2,23,33,34). The molecule has 5 N–H and O–H groups in total. The summed E-state index contributed by atoms with van der Waals surface area (Å²) >= 11 is 1.40. The van der Waals surface area contributed by atoms with Gasteiger partial charge in [-0.15, -0.1) is 5.10 Å². The predicted molar refractivity (Wildman–Crippen MR) is 131 cm³/mol. The summed E-state index contributed by atoms with van der Waals surface area (Å²) in [4.78, 5) is 36.0. The van der Waals surface area contributed by atoms with E-state index in [4.69, 9.17) is 5.14 Å². The Hall–Kier alpha value is -3.75. The van der Waals surface area contributed by atoms with Crippen LogP contribution in [-0.4, -0.2) is 58.1 Å². The number of carbonyl (C=O) groups is 3. The van der Waals surface area contributed by atoms with E-state index >= 15 is 0 Å². The van der Waals surface area contributed by atoms with Crippen LogP contribution in [0.25, 0.3) is 0 Å². The molecule has 12 nitrogen and oxygen atoms in total. The highest BCUT2D eigenvalue weighted by molar-refractivity contribution is 7.98.